The zero-order valence-corrected chi connectivity index (χ0v) is 14.5. The van der Waals surface area contributed by atoms with E-state index < -0.39 is 12.1 Å². The molecule has 1 atom stereocenters. The third kappa shape index (κ3) is 4.47. The lowest BCUT2D eigenvalue weighted by atomic mass is 10.1. The van der Waals surface area contributed by atoms with E-state index in [1.807, 2.05) is 48.5 Å². The molecule has 1 unspecified atom stereocenters. The van der Waals surface area contributed by atoms with Gasteiger partial charge in [-0.05, 0) is 24.6 Å². The van der Waals surface area contributed by atoms with E-state index in [2.05, 4.69) is 5.10 Å². The SMILES string of the molecule is CC(Oc1ccccc1)C(=O)OCC(=O)N1CCC(c2ccccc2)=N1. The molecule has 2 aromatic rings. The first-order chi connectivity index (χ1) is 12.6. The Morgan fingerprint density at radius 2 is 1.73 bits per heavy atom. The highest BCUT2D eigenvalue weighted by Gasteiger charge is 2.24. The van der Waals surface area contributed by atoms with Crippen LogP contribution in [0.5, 0.6) is 5.75 Å². The van der Waals surface area contributed by atoms with Crippen molar-refractivity contribution in [2.24, 2.45) is 5.10 Å². The molecule has 1 aliphatic rings. The fraction of sp³-hybridized carbons (Fsp3) is 0.250. The van der Waals surface area contributed by atoms with E-state index in [1.165, 1.54) is 5.01 Å². The summed E-state index contributed by atoms with van der Waals surface area (Å²) >= 11 is 0. The molecule has 6 nitrogen and oxygen atoms in total. The van der Waals surface area contributed by atoms with Crippen molar-refractivity contribution < 1.29 is 19.1 Å². The van der Waals surface area contributed by atoms with E-state index in [0.29, 0.717) is 18.7 Å². The van der Waals surface area contributed by atoms with Gasteiger partial charge in [0.15, 0.2) is 12.7 Å². The average Bonchev–Trinajstić information content (AvgIpc) is 3.17. The van der Waals surface area contributed by atoms with Gasteiger partial charge in [0, 0.05) is 6.42 Å². The molecular weight excluding hydrogens is 332 g/mol. The Morgan fingerprint density at radius 1 is 1.08 bits per heavy atom. The third-order valence-electron chi connectivity index (χ3n) is 3.92. The molecule has 2 aromatic carbocycles. The molecule has 3 rings (SSSR count). The summed E-state index contributed by atoms with van der Waals surface area (Å²) in [6.45, 7) is 1.71. The van der Waals surface area contributed by atoms with Gasteiger partial charge in [-0.2, -0.15) is 5.10 Å². The van der Waals surface area contributed by atoms with Crippen LogP contribution >= 0.6 is 0 Å². The van der Waals surface area contributed by atoms with Gasteiger partial charge in [-0.1, -0.05) is 48.5 Å². The van der Waals surface area contributed by atoms with Crippen molar-refractivity contribution in [2.75, 3.05) is 13.2 Å². The van der Waals surface area contributed by atoms with Crippen LogP contribution in [0.15, 0.2) is 65.8 Å². The molecule has 0 N–H and O–H groups in total. The number of carbonyl (C=O) groups excluding carboxylic acids is 2. The summed E-state index contributed by atoms with van der Waals surface area (Å²) in [7, 11) is 0. The highest BCUT2D eigenvalue weighted by atomic mass is 16.6. The number of ether oxygens (including phenoxy) is 2. The molecule has 1 amide bonds. The second-order valence-corrected chi connectivity index (χ2v) is 5.86. The van der Waals surface area contributed by atoms with E-state index >= 15 is 0 Å². The first kappa shape index (κ1) is 17.7. The fourth-order valence-corrected chi connectivity index (χ4v) is 2.55. The first-order valence-electron chi connectivity index (χ1n) is 8.45. The molecule has 0 spiro atoms. The van der Waals surface area contributed by atoms with Gasteiger partial charge in [-0.25, -0.2) is 9.80 Å². The maximum Gasteiger partial charge on any atom is 0.347 e. The molecule has 0 aromatic heterocycles. The highest BCUT2D eigenvalue weighted by molar-refractivity contribution is 6.02. The number of rotatable bonds is 6. The van der Waals surface area contributed by atoms with Crippen LogP contribution in [-0.4, -0.2) is 41.9 Å². The maximum atomic E-state index is 12.2. The van der Waals surface area contributed by atoms with Crippen LogP contribution in [0.4, 0.5) is 0 Å². The molecule has 0 fully saturated rings. The summed E-state index contributed by atoms with van der Waals surface area (Å²) in [5, 5.41) is 5.67. The van der Waals surface area contributed by atoms with Gasteiger partial charge >= 0.3 is 5.97 Å². The van der Waals surface area contributed by atoms with E-state index in [1.54, 1.807) is 19.1 Å². The molecule has 6 heteroatoms. The Bertz CT molecular complexity index is 790. The normalized spacial score (nSPS) is 14.5. The lowest BCUT2D eigenvalue weighted by molar-refractivity contribution is -0.157. The van der Waals surface area contributed by atoms with Crippen molar-refractivity contribution in [2.45, 2.75) is 19.4 Å². The Labute approximate surface area is 152 Å². The topological polar surface area (TPSA) is 68.2 Å². The molecule has 0 radical (unpaired) electrons. The van der Waals surface area contributed by atoms with Gasteiger partial charge in [-0.3, -0.25) is 4.79 Å². The van der Waals surface area contributed by atoms with Crippen molar-refractivity contribution in [3.8, 4) is 5.75 Å². The zero-order valence-electron chi connectivity index (χ0n) is 14.5. The Morgan fingerprint density at radius 3 is 2.42 bits per heavy atom. The van der Waals surface area contributed by atoms with E-state index in [0.717, 1.165) is 11.3 Å². The van der Waals surface area contributed by atoms with Crippen molar-refractivity contribution in [1.82, 2.24) is 5.01 Å². The van der Waals surface area contributed by atoms with Crippen molar-refractivity contribution in [1.29, 1.82) is 0 Å². The molecule has 0 saturated carbocycles. The molecule has 1 heterocycles. The van der Waals surface area contributed by atoms with E-state index in [-0.39, 0.29) is 12.5 Å². The van der Waals surface area contributed by atoms with Crippen LogP contribution in [0, 0.1) is 0 Å². The number of hydrazone groups is 1. The number of para-hydroxylation sites is 1. The van der Waals surface area contributed by atoms with Gasteiger partial charge in [0.05, 0.1) is 12.3 Å². The zero-order chi connectivity index (χ0) is 18.4. The third-order valence-corrected chi connectivity index (χ3v) is 3.92. The molecule has 0 saturated heterocycles. The van der Waals surface area contributed by atoms with Gasteiger partial charge in [0.1, 0.15) is 5.75 Å². The number of nitrogens with zero attached hydrogens (tertiary/aromatic N) is 2. The number of hydrogen-bond acceptors (Lipinski definition) is 5. The maximum absolute atomic E-state index is 12.2. The molecule has 26 heavy (non-hydrogen) atoms. The van der Waals surface area contributed by atoms with Crippen molar-refractivity contribution in [3.05, 3.63) is 66.2 Å². The van der Waals surface area contributed by atoms with Crippen LogP contribution in [0.2, 0.25) is 0 Å². The van der Waals surface area contributed by atoms with Gasteiger partial charge in [0.2, 0.25) is 0 Å². The number of benzene rings is 2. The quantitative estimate of drug-likeness (QED) is 0.750. The minimum Gasteiger partial charge on any atom is -0.479 e. The number of amides is 1. The molecule has 134 valence electrons. The predicted octanol–water partition coefficient (Wildman–Crippen LogP) is 2.63. The number of hydrogen-bond donors (Lipinski definition) is 0. The summed E-state index contributed by atoms with van der Waals surface area (Å²) < 4.78 is 10.5. The Hall–Kier alpha value is -3.15. The summed E-state index contributed by atoms with van der Waals surface area (Å²) in [5.74, 6) is -0.371. The fourth-order valence-electron chi connectivity index (χ4n) is 2.55. The Kier molecular flexibility index (Phi) is 5.63. The van der Waals surface area contributed by atoms with Gasteiger partial charge < -0.3 is 9.47 Å². The standard InChI is InChI=1S/C20H20N2O4/c1-15(26-17-10-6-3-7-11-17)20(24)25-14-19(23)22-13-12-18(21-22)16-8-4-2-5-9-16/h2-11,15H,12-14H2,1H3. The van der Waals surface area contributed by atoms with Crippen LogP contribution in [-0.2, 0) is 14.3 Å². The second kappa shape index (κ2) is 8.29. The smallest absolute Gasteiger partial charge is 0.347 e. The van der Waals surface area contributed by atoms with Crippen molar-refractivity contribution in [3.63, 3.8) is 0 Å². The van der Waals surface area contributed by atoms with E-state index in [9.17, 15) is 9.59 Å². The van der Waals surface area contributed by atoms with Gasteiger partial charge in [-0.15, -0.1) is 0 Å². The van der Waals surface area contributed by atoms with Gasteiger partial charge in [0.25, 0.3) is 5.91 Å². The molecule has 0 aliphatic carbocycles. The molecular formula is C20H20N2O4. The summed E-state index contributed by atoms with van der Waals surface area (Å²) in [6.07, 6.45) is -0.121. The first-order valence-corrected chi connectivity index (χ1v) is 8.45. The van der Waals surface area contributed by atoms with E-state index in [4.69, 9.17) is 9.47 Å². The van der Waals surface area contributed by atoms with Crippen molar-refractivity contribution >= 4 is 17.6 Å². The highest BCUT2D eigenvalue weighted by Crippen LogP contribution is 2.14. The lowest BCUT2D eigenvalue weighted by Gasteiger charge is -2.15. The monoisotopic (exact) mass is 352 g/mol. The average molecular weight is 352 g/mol. The second-order valence-electron chi connectivity index (χ2n) is 5.86. The lowest BCUT2D eigenvalue weighted by Crippen LogP contribution is -2.32. The minimum atomic E-state index is -0.799. The number of esters is 1. The predicted molar refractivity (Wildman–Crippen MR) is 96.8 cm³/mol. The largest absolute Gasteiger partial charge is 0.479 e. The van der Waals surface area contributed by atoms with Crippen LogP contribution in [0.1, 0.15) is 18.9 Å². The number of carbonyl (C=O) groups is 2. The molecule has 1 aliphatic heterocycles. The van der Waals surface area contributed by atoms with Crippen LogP contribution < -0.4 is 4.74 Å². The minimum absolute atomic E-state index is 0.351. The van der Waals surface area contributed by atoms with Crippen LogP contribution in [0.3, 0.4) is 0 Å². The molecule has 0 bridgehead atoms. The van der Waals surface area contributed by atoms with Crippen LogP contribution in [0.25, 0.3) is 0 Å². The summed E-state index contributed by atoms with van der Waals surface area (Å²) in [4.78, 5) is 24.2. The summed E-state index contributed by atoms with van der Waals surface area (Å²) in [6, 6.07) is 18.7. The Balaban J connectivity index is 1.49. The summed E-state index contributed by atoms with van der Waals surface area (Å²) in [5.41, 5.74) is 1.84.